The summed E-state index contributed by atoms with van der Waals surface area (Å²) < 4.78 is 15.9. The number of anilines is 1. The lowest BCUT2D eigenvalue weighted by molar-refractivity contribution is -0.117. The predicted molar refractivity (Wildman–Crippen MR) is 104 cm³/mol. The number of aromatic nitrogens is 2. The Bertz CT molecular complexity index is 1000. The Balaban J connectivity index is 1.55. The first kappa shape index (κ1) is 18.3. The molecule has 3 aromatic rings. The first-order chi connectivity index (χ1) is 13.6. The molecule has 0 bridgehead atoms. The fourth-order valence-corrected chi connectivity index (χ4v) is 3.41. The van der Waals surface area contributed by atoms with Gasteiger partial charge in [-0.1, -0.05) is 16.8 Å². The second-order valence-electron chi connectivity index (χ2n) is 6.41. The SMILES string of the molecule is COc1ccc(N2C[C@H](c3noc(-c4ccc(Cl)cc4OC)n3)CC2=O)cc1. The van der Waals surface area contributed by atoms with Crippen LogP contribution in [0.3, 0.4) is 0 Å². The van der Waals surface area contributed by atoms with E-state index < -0.39 is 0 Å². The van der Waals surface area contributed by atoms with Crippen LogP contribution in [-0.4, -0.2) is 36.8 Å². The molecule has 2 heterocycles. The van der Waals surface area contributed by atoms with Crippen molar-refractivity contribution in [2.75, 3.05) is 25.7 Å². The number of carbonyl (C=O) groups excluding carboxylic acids is 1. The third kappa shape index (κ3) is 3.41. The topological polar surface area (TPSA) is 77.7 Å². The van der Waals surface area contributed by atoms with Crippen molar-refractivity contribution in [3.63, 3.8) is 0 Å². The molecular formula is C20H18ClN3O4. The molecule has 0 radical (unpaired) electrons. The molecule has 1 saturated heterocycles. The van der Waals surface area contributed by atoms with Crippen LogP contribution in [0.15, 0.2) is 47.0 Å². The molecule has 0 aliphatic carbocycles. The summed E-state index contributed by atoms with van der Waals surface area (Å²) in [7, 11) is 3.16. The van der Waals surface area contributed by atoms with Gasteiger partial charge in [-0.25, -0.2) is 0 Å². The summed E-state index contributed by atoms with van der Waals surface area (Å²) in [5.74, 6) is 1.99. The lowest BCUT2D eigenvalue weighted by Gasteiger charge is -2.16. The number of methoxy groups -OCH3 is 2. The smallest absolute Gasteiger partial charge is 0.261 e. The highest BCUT2D eigenvalue weighted by Crippen LogP contribution is 2.35. The molecule has 0 saturated carbocycles. The van der Waals surface area contributed by atoms with Crippen molar-refractivity contribution in [2.45, 2.75) is 12.3 Å². The first-order valence-electron chi connectivity index (χ1n) is 8.71. The Labute approximate surface area is 166 Å². The average molecular weight is 400 g/mol. The summed E-state index contributed by atoms with van der Waals surface area (Å²) in [5.41, 5.74) is 1.47. The third-order valence-corrected chi connectivity index (χ3v) is 4.95. The molecule has 7 nitrogen and oxygen atoms in total. The second-order valence-corrected chi connectivity index (χ2v) is 6.84. The van der Waals surface area contributed by atoms with Crippen molar-refractivity contribution in [1.29, 1.82) is 0 Å². The van der Waals surface area contributed by atoms with Crippen molar-refractivity contribution >= 4 is 23.2 Å². The molecule has 0 unspecified atom stereocenters. The Hall–Kier alpha value is -3.06. The number of amides is 1. The zero-order chi connectivity index (χ0) is 19.7. The Morgan fingerprint density at radius 2 is 1.93 bits per heavy atom. The van der Waals surface area contributed by atoms with Gasteiger partial charge >= 0.3 is 0 Å². The maximum Gasteiger partial charge on any atom is 0.261 e. The van der Waals surface area contributed by atoms with E-state index in [2.05, 4.69) is 10.1 Å². The summed E-state index contributed by atoms with van der Waals surface area (Å²) in [4.78, 5) is 18.7. The van der Waals surface area contributed by atoms with E-state index in [1.54, 1.807) is 37.3 Å². The van der Waals surface area contributed by atoms with E-state index in [0.29, 0.717) is 41.0 Å². The Kier molecular flexibility index (Phi) is 4.92. The van der Waals surface area contributed by atoms with Crippen LogP contribution in [0.1, 0.15) is 18.2 Å². The molecule has 8 heteroatoms. The lowest BCUT2D eigenvalue weighted by Crippen LogP contribution is -2.24. The molecule has 1 aliphatic heterocycles. The molecule has 144 valence electrons. The van der Waals surface area contributed by atoms with Crippen molar-refractivity contribution < 1.29 is 18.8 Å². The van der Waals surface area contributed by atoms with Crippen LogP contribution in [0.2, 0.25) is 5.02 Å². The molecule has 1 amide bonds. The van der Waals surface area contributed by atoms with Crippen LogP contribution in [-0.2, 0) is 4.79 Å². The molecule has 1 fully saturated rings. The van der Waals surface area contributed by atoms with Crippen LogP contribution >= 0.6 is 11.6 Å². The van der Waals surface area contributed by atoms with Gasteiger partial charge in [0.1, 0.15) is 11.5 Å². The van der Waals surface area contributed by atoms with Crippen LogP contribution in [0, 0.1) is 0 Å². The van der Waals surface area contributed by atoms with E-state index in [1.165, 1.54) is 0 Å². The van der Waals surface area contributed by atoms with Crippen LogP contribution in [0.5, 0.6) is 11.5 Å². The summed E-state index contributed by atoms with van der Waals surface area (Å²) >= 11 is 6.00. The minimum absolute atomic E-state index is 0.0191. The minimum atomic E-state index is -0.148. The van der Waals surface area contributed by atoms with Gasteiger partial charge in [-0.05, 0) is 42.5 Å². The highest BCUT2D eigenvalue weighted by molar-refractivity contribution is 6.30. The number of hydrogen-bond donors (Lipinski definition) is 0. The maximum absolute atomic E-state index is 12.5. The van der Waals surface area contributed by atoms with Gasteiger partial charge in [0.25, 0.3) is 5.89 Å². The van der Waals surface area contributed by atoms with Gasteiger partial charge < -0.3 is 18.9 Å². The summed E-state index contributed by atoms with van der Waals surface area (Å²) in [6.45, 7) is 0.488. The number of halogens is 1. The molecule has 0 spiro atoms. The average Bonchev–Trinajstić information content (AvgIpc) is 3.35. The largest absolute Gasteiger partial charge is 0.497 e. The highest BCUT2D eigenvalue weighted by Gasteiger charge is 2.34. The van der Waals surface area contributed by atoms with Gasteiger partial charge in [-0.2, -0.15) is 4.98 Å². The van der Waals surface area contributed by atoms with Gasteiger partial charge in [0.05, 0.1) is 19.8 Å². The number of hydrogen-bond acceptors (Lipinski definition) is 6. The van der Waals surface area contributed by atoms with Gasteiger partial charge in [0.2, 0.25) is 5.91 Å². The number of ether oxygens (including phenoxy) is 2. The zero-order valence-electron chi connectivity index (χ0n) is 15.4. The molecule has 4 rings (SSSR count). The fourth-order valence-electron chi connectivity index (χ4n) is 3.24. The highest BCUT2D eigenvalue weighted by atomic mass is 35.5. The predicted octanol–water partition coefficient (Wildman–Crippen LogP) is 3.93. The third-order valence-electron chi connectivity index (χ3n) is 4.71. The van der Waals surface area contributed by atoms with Gasteiger partial charge in [-0.3, -0.25) is 4.79 Å². The van der Waals surface area contributed by atoms with Crippen LogP contribution < -0.4 is 14.4 Å². The molecule has 1 aromatic heterocycles. The molecule has 2 aromatic carbocycles. The first-order valence-corrected chi connectivity index (χ1v) is 9.08. The molecule has 1 atom stereocenters. The molecule has 1 aliphatic rings. The van der Waals surface area contributed by atoms with E-state index >= 15 is 0 Å². The van der Waals surface area contributed by atoms with Gasteiger partial charge in [-0.15, -0.1) is 0 Å². The normalized spacial score (nSPS) is 16.5. The standard InChI is InChI=1S/C20H18ClN3O4/c1-26-15-6-4-14(5-7-15)24-11-12(9-18(24)25)19-22-20(28-23-19)16-8-3-13(21)10-17(16)27-2/h3-8,10,12H,9,11H2,1-2H3/t12-/m1/s1. The Morgan fingerprint density at radius 3 is 2.64 bits per heavy atom. The van der Waals surface area contributed by atoms with Crippen LogP contribution in [0.25, 0.3) is 11.5 Å². The summed E-state index contributed by atoms with van der Waals surface area (Å²) in [6, 6.07) is 12.6. The maximum atomic E-state index is 12.5. The quantitative estimate of drug-likeness (QED) is 0.647. The van der Waals surface area contributed by atoms with Crippen LogP contribution in [0.4, 0.5) is 5.69 Å². The van der Waals surface area contributed by atoms with Gasteiger partial charge in [0.15, 0.2) is 5.82 Å². The van der Waals surface area contributed by atoms with E-state index in [4.69, 9.17) is 25.6 Å². The van der Waals surface area contributed by atoms with Crippen molar-refractivity contribution in [3.05, 3.63) is 53.3 Å². The van der Waals surface area contributed by atoms with Crippen molar-refractivity contribution in [1.82, 2.24) is 10.1 Å². The molecular weight excluding hydrogens is 382 g/mol. The number of rotatable bonds is 5. The molecule has 0 N–H and O–H groups in total. The van der Waals surface area contributed by atoms with E-state index in [0.717, 1.165) is 11.4 Å². The minimum Gasteiger partial charge on any atom is -0.497 e. The van der Waals surface area contributed by atoms with Crippen molar-refractivity contribution in [3.8, 4) is 23.0 Å². The van der Waals surface area contributed by atoms with Gasteiger partial charge in [0, 0.05) is 29.6 Å². The number of benzene rings is 2. The number of carbonyl (C=O) groups is 1. The zero-order valence-corrected chi connectivity index (χ0v) is 16.1. The molecule has 28 heavy (non-hydrogen) atoms. The summed E-state index contributed by atoms with van der Waals surface area (Å²) in [6.07, 6.45) is 0.322. The second kappa shape index (κ2) is 7.52. The summed E-state index contributed by atoms with van der Waals surface area (Å²) in [5, 5.41) is 4.64. The fraction of sp³-hybridized carbons (Fsp3) is 0.250. The number of nitrogens with zero attached hydrogens (tertiary/aromatic N) is 3. The lowest BCUT2D eigenvalue weighted by atomic mass is 10.1. The van der Waals surface area contributed by atoms with E-state index in [1.807, 2.05) is 24.3 Å². The van der Waals surface area contributed by atoms with Crippen molar-refractivity contribution in [2.24, 2.45) is 0 Å². The Morgan fingerprint density at radius 1 is 1.14 bits per heavy atom. The monoisotopic (exact) mass is 399 g/mol. The van der Waals surface area contributed by atoms with E-state index in [9.17, 15) is 4.79 Å². The van der Waals surface area contributed by atoms with E-state index in [-0.39, 0.29) is 11.8 Å².